The molecule has 1 N–H and O–H groups in total. The first-order valence-corrected chi connectivity index (χ1v) is 11.4. The molecule has 156 valence electrons. The van der Waals surface area contributed by atoms with Gasteiger partial charge in [0.25, 0.3) is 5.91 Å². The van der Waals surface area contributed by atoms with Crippen molar-refractivity contribution in [1.82, 2.24) is 0 Å². The molecule has 0 heterocycles. The van der Waals surface area contributed by atoms with Crippen LogP contribution in [0.4, 0.5) is 5.69 Å². The molecule has 30 heavy (non-hydrogen) atoms. The van der Waals surface area contributed by atoms with Gasteiger partial charge in [-0.1, -0.05) is 42.8 Å². The van der Waals surface area contributed by atoms with E-state index in [0.29, 0.717) is 12.2 Å². The van der Waals surface area contributed by atoms with Crippen molar-refractivity contribution >= 4 is 23.4 Å². The Balaban J connectivity index is 1.82. The number of aryl methyl sites for hydroxylation is 3. The molecule has 3 rings (SSSR count). The lowest BCUT2D eigenvalue weighted by Crippen LogP contribution is -2.15. The number of benzene rings is 3. The highest BCUT2D eigenvalue weighted by Crippen LogP contribution is 2.30. The topological polar surface area (TPSA) is 38.3 Å². The molecule has 0 aliphatic rings. The van der Waals surface area contributed by atoms with Crippen LogP contribution in [0.15, 0.2) is 65.6 Å². The molecule has 0 fully saturated rings. The molecule has 3 aromatic rings. The Kier molecular flexibility index (Phi) is 7.58. The largest absolute Gasteiger partial charge is 0.494 e. The van der Waals surface area contributed by atoms with Crippen LogP contribution in [-0.4, -0.2) is 12.5 Å². The molecular weight excluding hydrogens is 390 g/mol. The van der Waals surface area contributed by atoms with Gasteiger partial charge in [-0.05, 0) is 68.7 Å². The van der Waals surface area contributed by atoms with Gasteiger partial charge in [0.05, 0.1) is 6.61 Å². The maximum Gasteiger partial charge on any atom is 0.255 e. The summed E-state index contributed by atoms with van der Waals surface area (Å²) >= 11 is 1.74. The zero-order chi connectivity index (χ0) is 21.5. The Bertz CT molecular complexity index is 1010. The first kappa shape index (κ1) is 22.0. The van der Waals surface area contributed by atoms with Gasteiger partial charge in [-0.25, -0.2) is 0 Å². The van der Waals surface area contributed by atoms with E-state index < -0.39 is 0 Å². The summed E-state index contributed by atoms with van der Waals surface area (Å²) in [5, 5.41) is 3.12. The van der Waals surface area contributed by atoms with Gasteiger partial charge in [0.1, 0.15) is 5.75 Å². The standard InChI is InChI=1S/C26H29NO2S/c1-5-20-9-7-8-19(4)25(20)27-26(28)21-12-15-24(29-6-2)22(16-21)17-30-23-13-10-18(3)11-14-23/h7-16H,5-6,17H2,1-4H3,(H,27,28). The van der Waals surface area contributed by atoms with Crippen LogP contribution < -0.4 is 10.1 Å². The first-order chi connectivity index (χ1) is 14.5. The number of amides is 1. The summed E-state index contributed by atoms with van der Waals surface area (Å²) in [6.45, 7) is 8.78. The molecule has 0 saturated heterocycles. The quantitative estimate of drug-likeness (QED) is 0.408. The zero-order valence-corrected chi connectivity index (χ0v) is 18.9. The fourth-order valence-electron chi connectivity index (χ4n) is 3.31. The second-order valence-corrected chi connectivity index (χ2v) is 8.32. The summed E-state index contributed by atoms with van der Waals surface area (Å²) in [6, 6.07) is 20.3. The van der Waals surface area contributed by atoms with Crippen LogP contribution in [-0.2, 0) is 12.2 Å². The molecule has 0 saturated carbocycles. The molecule has 0 aliphatic heterocycles. The lowest BCUT2D eigenvalue weighted by molar-refractivity contribution is 0.102. The highest BCUT2D eigenvalue weighted by atomic mass is 32.2. The second-order valence-electron chi connectivity index (χ2n) is 7.27. The van der Waals surface area contributed by atoms with E-state index in [0.717, 1.165) is 40.3 Å². The predicted octanol–water partition coefficient (Wildman–Crippen LogP) is 6.81. The minimum Gasteiger partial charge on any atom is -0.494 e. The number of anilines is 1. The van der Waals surface area contributed by atoms with Crippen molar-refractivity contribution in [1.29, 1.82) is 0 Å². The summed E-state index contributed by atoms with van der Waals surface area (Å²) in [7, 11) is 0. The highest BCUT2D eigenvalue weighted by Gasteiger charge is 2.14. The van der Waals surface area contributed by atoms with Crippen LogP contribution in [0, 0.1) is 13.8 Å². The zero-order valence-electron chi connectivity index (χ0n) is 18.1. The van der Waals surface area contributed by atoms with Crippen LogP contribution in [0.2, 0.25) is 0 Å². The molecule has 4 heteroatoms. The number of para-hydroxylation sites is 1. The Hall–Kier alpha value is -2.72. The molecule has 3 aromatic carbocycles. The summed E-state index contributed by atoms with van der Waals surface area (Å²) < 4.78 is 5.81. The van der Waals surface area contributed by atoms with Crippen molar-refractivity contribution in [2.24, 2.45) is 0 Å². The molecule has 0 atom stereocenters. The van der Waals surface area contributed by atoms with Crippen LogP contribution in [0.1, 0.15) is 46.5 Å². The minimum absolute atomic E-state index is 0.0939. The number of hydrogen-bond donors (Lipinski definition) is 1. The Labute approximate surface area is 183 Å². The van der Waals surface area contributed by atoms with E-state index in [9.17, 15) is 4.79 Å². The molecule has 1 amide bonds. The molecule has 0 radical (unpaired) electrons. The average molecular weight is 420 g/mol. The summed E-state index contributed by atoms with van der Waals surface area (Å²) in [5.41, 5.74) is 6.04. The van der Waals surface area contributed by atoms with Crippen LogP contribution in [0.3, 0.4) is 0 Å². The Morgan fingerprint density at radius 3 is 2.43 bits per heavy atom. The molecular formula is C26H29NO2S. The molecule has 0 spiro atoms. The van der Waals surface area contributed by atoms with Crippen molar-refractivity contribution in [3.63, 3.8) is 0 Å². The van der Waals surface area contributed by atoms with Crippen LogP contribution in [0.5, 0.6) is 5.75 Å². The van der Waals surface area contributed by atoms with Gasteiger partial charge in [0.15, 0.2) is 0 Å². The summed E-state index contributed by atoms with van der Waals surface area (Å²) in [6.07, 6.45) is 0.874. The van der Waals surface area contributed by atoms with E-state index in [-0.39, 0.29) is 5.91 Å². The second kappa shape index (κ2) is 10.4. The monoisotopic (exact) mass is 419 g/mol. The van der Waals surface area contributed by atoms with Crippen molar-refractivity contribution < 1.29 is 9.53 Å². The van der Waals surface area contributed by atoms with E-state index in [4.69, 9.17) is 4.74 Å². The highest BCUT2D eigenvalue weighted by molar-refractivity contribution is 7.98. The van der Waals surface area contributed by atoms with E-state index >= 15 is 0 Å². The minimum atomic E-state index is -0.0939. The van der Waals surface area contributed by atoms with E-state index in [1.54, 1.807) is 11.8 Å². The average Bonchev–Trinajstić information content (AvgIpc) is 2.75. The lowest BCUT2D eigenvalue weighted by Gasteiger charge is -2.15. The smallest absolute Gasteiger partial charge is 0.255 e. The lowest BCUT2D eigenvalue weighted by atomic mass is 10.0. The molecule has 0 bridgehead atoms. The summed E-state index contributed by atoms with van der Waals surface area (Å²) in [4.78, 5) is 14.2. The first-order valence-electron chi connectivity index (χ1n) is 10.4. The number of nitrogens with one attached hydrogen (secondary N) is 1. The molecule has 0 unspecified atom stereocenters. The number of carbonyl (C=O) groups excluding carboxylic acids is 1. The predicted molar refractivity (Wildman–Crippen MR) is 127 cm³/mol. The number of rotatable bonds is 8. The van der Waals surface area contributed by atoms with Crippen molar-refractivity contribution in [3.8, 4) is 5.75 Å². The normalized spacial score (nSPS) is 10.7. The van der Waals surface area contributed by atoms with E-state index in [1.807, 2.05) is 44.2 Å². The van der Waals surface area contributed by atoms with Crippen molar-refractivity contribution in [2.45, 2.75) is 44.8 Å². The fourth-order valence-corrected chi connectivity index (χ4v) is 4.19. The number of thioether (sulfide) groups is 1. The fraction of sp³-hybridized carbons (Fsp3) is 0.269. The van der Waals surface area contributed by atoms with Gasteiger partial charge < -0.3 is 10.1 Å². The van der Waals surface area contributed by atoms with Gasteiger partial charge in [-0.3, -0.25) is 4.79 Å². The van der Waals surface area contributed by atoms with Crippen molar-refractivity contribution in [3.05, 3.63) is 88.5 Å². The third kappa shape index (κ3) is 5.45. The summed E-state index contributed by atoms with van der Waals surface area (Å²) in [5.74, 6) is 1.48. The Morgan fingerprint density at radius 2 is 1.73 bits per heavy atom. The number of ether oxygens (including phenoxy) is 1. The molecule has 0 aliphatic carbocycles. The van der Waals surface area contributed by atoms with Crippen molar-refractivity contribution in [2.75, 3.05) is 11.9 Å². The van der Waals surface area contributed by atoms with E-state index in [1.165, 1.54) is 10.5 Å². The molecule has 0 aromatic heterocycles. The van der Waals surface area contributed by atoms with Crippen LogP contribution >= 0.6 is 11.8 Å². The van der Waals surface area contributed by atoms with Gasteiger partial charge in [0, 0.05) is 27.5 Å². The number of carbonyl (C=O) groups is 1. The third-order valence-electron chi connectivity index (χ3n) is 5.02. The third-order valence-corrected chi connectivity index (χ3v) is 6.08. The van der Waals surface area contributed by atoms with Gasteiger partial charge in [0.2, 0.25) is 0 Å². The van der Waals surface area contributed by atoms with E-state index in [2.05, 4.69) is 49.5 Å². The maximum atomic E-state index is 13.0. The SMILES string of the molecule is CCOc1ccc(C(=O)Nc2c(C)cccc2CC)cc1CSc1ccc(C)cc1. The maximum absolute atomic E-state index is 13.0. The van der Waals surface area contributed by atoms with Crippen LogP contribution in [0.25, 0.3) is 0 Å². The Morgan fingerprint density at radius 1 is 0.967 bits per heavy atom. The number of hydrogen-bond acceptors (Lipinski definition) is 3. The van der Waals surface area contributed by atoms with Gasteiger partial charge >= 0.3 is 0 Å². The van der Waals surface area contributed by atoms with Gasteiger partial charge in [-0.2, -0.15) is 0 Å². The van der Waals surface area contributed by atoms with Gasteiger partial charge in [-0.15, -0.1) is 11.8 Å². The molecule has 3 nitrogen and oxygen atoms in total.